The molecule has 0 aliphatic carbocycles. The Hall–Kier alpha value is -1.31. The molecule has 8 heteroatoms. The summed E-state index contributed by atoms with van der Waals surface area (Å²) in [5.74, 6) is 0. The van der Waals surface area contributed by atoms with Crippen molar-refractivity contribution in [3.63, 3.8) is 0 Å². The number of anilines is 1. The molecule has 156 valence electrons. The van der Waals surface area contributed by atoms with Crippen LogP contribution in [0.15, 0.2) is 59.5 Å². The number of sulfonamides is 1. The van der Waals surface area contributed by atoms with Crippen molar-refractivity contribution in [2.24, 2.45) is 0 Å². The quantitative estimate of drug-likeness (QED) is 0.683. The first-order valence-electron chi connectivity index (χ1n) is 9.13. The first-order valence-corrected chi connectivity index (χ1v) is 10.6. The van der Waals surface area contributed by atoms with Crippen LogP contribution in [0.4, 0.5) is 5.69 Å². The molecule has 0 amide bonds. The predicted molar refractivity (Wildman–Crippen MR) is 120 cm³/mol. The van der Waals surface area contributed by atoms with Gasteiger partial charge in [-0.2, -0.15) is 0 Å². The summed E-state index contributed by atoms with van der Waals surface area (Å²) < 4.78 is 28.0. The van der Waals surface area contributed by atoms with Gasteiger partial charge in [0.15, 0.2) is 0 Å². The highest BCUT2D eigenvalue weighted by molar-refractivity contribution is 7.89. The fourth-order valence-corrected chi connectivity index (χ4v) is 4.60. The Morgan fingerprint density at radius 1 is 0.964 bits per heavy atom. The third kappa shape index (κ3) is 6.94. The van der Waals surface area contributed by atoms with Gasteiger partial charge in [0.2, 0.25) is 10.0 Å². The molecule has 1 aliphatic heterocycles. The molecular formula is C20H29Cl2N3O2S. The maximum absolute atomic E-state index is 12.5. The van der Waals surface area contributed by atoms with Crippen molar-refractivity contribution in [1.82, 2.24) is 9.62 Å². The number of hydrogen-bond acceptors (Lipinski definition) is 4. The molecule has 0 radical (unpaired) electrons. The van der Waals surface area contributed by atoms with Crippen LogP contribution in [0, 0.1) is 0 Å². The van der Waals surface area contributed by atoms with Crippen LogP contribution in [0.3, 0.4) is 0 Å². The molecule has 0 unspecified atom stereocenters. The highest BCUT2D eigenvalue weighted by Crippen LogP contribution is 2.17. The van der Waals surface area contributed by atoms with Crippen LogP contribution in [0.25, 0.3) is 0 Å². The van der Waals surface area contributed by atoms with Gasteiger partial charge in [0.25, 0.3) is 0 Å². The third-order valence-electron chi connectivity index (χ3n) is 4.92. The number of nitrogens with one attached hydrogen (secondary N) is 2. The number of halogens is 2. The fourth-order valence-electron chi connectivity index (χ4n) is 3.29. The summed E-state index contributed by atoms with van der Waals surface area (Å²) in [6.45, 7) is 2.88. The van der Waals surface area contributed by atoms with E-state index in [0.29, 0.717) is 4.90 Å². The van der Waals surface area contributed by atoms with Crippen LogP contribution in [-0.2, 0) is 16.4 Å². The van der Waals surface area contributed by atoms with Crippen molar-refractivity contribution >= 4 is 40.5 Å². The van der Waals surface area contributed by atoms with Gasteiger partial charge < -0.3 is 10.2 Å². The molecule has 2 N–H and O–H groups in total. The predicted octanol–water partition coefficient (Wildman–Crippen LogP) is 3.56. The van der Waals surface area contributed by atoms with Gasteiger partial charge in [-0.1, -0.05) is 30.3 Å². The van der Waals surface area contributed by atoms with E-state index in [1.807, 2.05) is 13.1 Å². The van der Waals surface area contributed by atoms with Gasteiger partial charge in [-0.3, -0.25) is 0 Å². The maximum Gasteiger partial charge on any atom is 0.240 e. The largest absolute Gasteiger partial charge is 0.388 e. The van der Waals surface area contributed by atoms with E-state index in [2.05, 4.69) is 39.2 Å². The number of hydrogen-bond donors (Lipinski definition) is 2. The molecule has 2 aromatic rings. The number of piperidine rings is 1. The molecule has 0 atom stereocenters. The van der Waals surface area contributed by atoms with E-state index < -0.39 is 10.0 Å². The molecule has 0 saturated carbocycles. The summed E-state index contributed by atoms with van der Waals surface area (Å²) in [5, 5.41) is 2.99. The van der Waals surface area contributed by atoms with E-state index in [0.717, 1.165) is 44.6 Å². The Morgan fingerprint density at radius 2 is 1.57 bits per heavy atom. The van der Waals surface area contributed by atoms with E-state index in [9.17, 15) is 8.42 Å². The summed E-state index contributed by atoms with van der Waals surface area (Å²) in [5.41, 5.74) is 2.25. The number of nitrogens with zero attached hydrogens (tertiary/aromatic N) is 1. The molecule has 0 spiro atoms. The summed E-state index contributed by atoms with van der Waals surface area (Å²) >= 11 is 0. The van der Waals surface area contributed by atoms with Crippen molar-refractivity contribution in [3.05, 3.63) is 60.2 Å². The van der Waals surface area contributed by atoms with Crippen molar-refractivity contribution in [1.29, 1.82) is 0 Å². The van der Waals surface area contributed by atoms with Crippen LogP contribution < -0.4 is 10.0 Å². The molecule has 28 heavy (non-hydrogen) atoms. The Kier molecular flexibility index (Phi) is 10.3. The lowest BCUT2D eigenvalue weighted by atomic mass is 10.1. The van der Waals surface area contributed by atoms with Gasteiger partial charge in [0.1, 0.15) is 0 Å². The van der Waals surface area contributed by atoms with Crippen molar-refractivity contribution in [2.45, 2.75) is 30.2 Å². The van der Waals surface area contributed by atoms with Gasteiger partial charge in [0, 0.05) is 25.3 Å². The Bertz CT molecular complexity index is 794. The Morgan fingerprint density at radius 3 is 2.14 bits per heavy atom. The van der Waals surface area contributed by atoms with Gasteiger partial charge in [-0.05, 0) is 62.2 Å². The lowest BCUT2D eigenvalue weighted by molar-refractivity contribution is 0.209. The lowest BCUT2D eigenvalue weighted by Crippen LogP contribution is -2.45. The molecule has 0 bridgehead atoms. The number of likely N-dealkylation sites (tertiary alicyclic amines) is 1. The zero-order valence-corrected chi connectivity index (χ0v) is 18.5. The number of benzene rings is 2. The minimum Gasteiger partial charge on any atom is -0.388 e. The van der Waals surface area contributed by atoms with E-state index in [4.69, 9.17) is 0 Å². The van der Waals surface area contributed by atoms with E-state index in [1.54, 1.807) is 24.3 Å². The van der Waals surface area contributed by atoms with Gasteiger partial charge in [0.05, 0.1) is 4.90 Å². The average Bonchev–Trinajstić information content (AvgIpc) is 2.68. The van der Waals surface area contributed by atoms with Crippen molar-refractivity contribution < 1.29 is 8.42 Å². The molecule has 0 aromatic heterocycles. The number of rotatable bonds is 7. The fraction of sp³-hybridized carbons (Fsp3) is 0.400. The molecule has 5 nitrogen and oxygen atoms in total. The highest BCUT2D eigenvalue weighted by atomic mass is 35.5. The minimum atomic E-state index is -3.45. The maximum atomic E-state index is 12.5. The summed E-state index contributed by atoms with van der Waals surface area (Å²) in [6.07, 6.45) is 2.74. The van der Waals surface area contributed by atoms with E-state index in [-0.39, 0.29) is 30.9 Å². The Balaban J connectivity index is 0.00000196. The van der Waals surface area contributed by atoms with Crippen LogP contribution in [0.5, 0.6) is 0 Å². The molecule has 1 fully saturated rings. The zero-order valence-electron chi connectivity index (χ0n) is 16.0. The van der Waals surface area contributed by atoms with E-state index >= 15 is 0 Å². The second-order valence-electron chi connectivity index (χ2n) is 6.75. The van der Waals surface area contributed by atoms with Gasteiger partial charge in [-0.15, -0.1) is 24.8 Å². The lowest BCUT2D eigenvalue weighted by Gasteiger charge is -2.32. The standard InChI is InChI=1S/C20H27N3O2S.2ClH/c1-21-18-7-9-20(10-8-18)26(24,25)22-19-12-15-23(16-13-19)14-11-17-5-3-2-4-6-17;;/h2-10,19,21-22H,11-16H2,1H3;2*1H. The summed E-state index contributed by atoms with van der Waals surface area (Å²) in [4.78, 5) is 2.74. The zero-order chi connectivity index (χ0) is 18.4. The molecule has 3 rings (SSSR count). The van der Waals surface area contributed by atoms with Crippen LogP contribution in [0.2, 0.25) is 0 Å². The summed E-state index contributed by atoms with van der Waals surface area (Å²) in [7, 11) is -1.64. The molecule has 2 aromatic carbocycles. The SMILES string of the molecule is CNc1ccc(S(=O)(=O)NC2CCN(CCc3ccccc3)CC2)cc1.Cl.Cl. The smallest absolute Gasteiger partial charge is 0.240 e. The van der Waals surface area contributed by atoms with Gasteiger partial charge >= 0.3 is 0 Å². The van der Waals surface area contributed by atoms with Crippen molar-refractivity contribution in [3.8, 4) is 0 Å². The molecular weight excluding hydrogens is 417 g/mol. The first kappa shape index (κ1) is 24.7. The molecule has 1 saturated heterocycles. The van der Waals surface area contributed by atoms with Crippen LogP contribution in [-0.4, -0.2) is 46.0 Å². The second kappa shape index (κ2) is 11.6. The van der Waals surface area contributed by atoms with Crippen molar-refractivity contribution in [2.75, 3.05) is 32.0 Å². The normalized spacial score (nSPS) is 15.3. The van der Waals surface area contributed by atoms with E-state index in [1.165, 1.54) is 5.56 Å². The average molecular weight is 446 g/mol. The Labute approximate surface area is 180 Å². The first-order chi connectivity index (χ1) is 12.6. The van der Waals surface area contributed by atoms with Crippen LogP contribution >= 0.6 is 24.8 Å². The molecule has 1 aliphatic rings. The van der Waals surface area contributed by atoms with Crippen LogP contribution in [0.1, 0.15) is 18.4 Å². The topological polar surface area (TPSA) is 61.4 Å². The third-order valence-corrected chi connectivity index (χ3v) is 6.46. The summed E-state index contributed by atoms with van der Waals surface area (Å²) in [6, 6.07) is 17.3. The minimum absolute atomic E-state index is 0. The molecule has 1 heterocycles. The van der Waals surface area contributed by atoms with Gasteiger partial charge in [-0.25, -0.2) is 13.1 Å². The second-order valence-corrected chi connectivity index (χ2v) is 8.46. The highest BCUT2D eigenvalue weighted by Gasteiger charge is 2.24. The monoisotopic (exact) mass is 445 g/mol.